The Balaban J connectivity index is 0.00000225. The van der Waals surface area contributed by atoms with E-state index in [2.05, 4.69) is 11.8 Å². The van der Waals surface area contributed by atoms with E-state index < -0.39 is 10.0 Å². The Hall–Kier alpha value is -0.620. The van der Waals surface area contributed by atoms with Crippen LogP contribution in [0.25, 0.3) is 0 Å². The fourth-order valence-electron chi connectivity index (χ4n) is 4.06. The first-order chi connectivity index (χ1) is 11.4. The number of hydrogen-bond donors (Lipinski definition) is 0. The number of aryl methyl sites for hydroxylation is 1. The third-order valence-corrected chi connectivity index (χ3v) is 7.85. The summed E-state index contributed by atoms with van der Waals surface area (Å²) in [4.78, 5) is 3.00. The zero-order valence-electron chi connectivity index (χ0n) is 15.5. The second kappa shape index (κ2) is 8.38. The van der Waals surface area contributed by atoms with Gasteiger partial charge >= 0.3 is 0 Å². The van der Waals surface area contributed by atoms with Crippen LogP contribution in [-0.2, 0) is 10.0 Å². The second-order valence-electron chi connectivity index (χ2n) is 7.67. The van der Waals surface area contributed by atoms with Crippen molar-refractivity contribution in [1.29, 1.82) is 0 Å². The molecule has 2 unspecified atom stereocenters. The molecule has 1 saturated carbocycles. The average molecular weight is 387 g/mol. The Morgan fingerprint density at radius 2 is 1.64 bits per heavy atom. The Bertz CT molecular complexity index is 655. The molecule has 0 radical (unpaired) electrons. The lowest BCUT2D eigenvalue weighted by molar-refractivity contribution is 0.136. The molecule has 1 aromatic carbocycles. The average Bonchev–Trinajstić information content (AvgIpc) is 3.05. The number of benzene rings is 1. The fraction of sp³-hybridized carbons (Fsp3) is 0.684. The van der Waals surface area contributed by atoms with Crippen LogP contribution in [0.2, 0.25) is 0 Å². The molecule has 0 spiro atoms. The third-order valence-electron chi connectivity index (χ3n) is 5.92. The van der Waals surface area contributed by atoms with Crippen molar-refractivity contribution < 1.29 is 8.42 Å². The molecule has 1 saturated heterocycles. The number of piperidine rings is 1. The SMILES string of the molecule is Cc1ccc(S(=O)(=O)N(C)C2CCC(N3CCC(C)CC3)C2)cc1.Cl. The number of halogens is 1. The van der Waals surface area contributed by atoms with Gasteiger partial charge in [-0.1, -0.05) is 24.6 Å². The van der Waals surface area contributed by atoms with Crippen LogP contribution in [-0.4, -0.2) is 49.8 Å². The highest BCUT2D eigenvalue weighted by Gasteiger charge is 2.36. The van der Waals surface area contributed by atoms with E-state index in [1.54, 1.807) is 23.5 Å². The highest BCUT2D eigenvalue weighted by Crippen LogP contribution is 2.32. The van der Waals surface area contributed by atoms with Crippen molar-refractivity contribution >= 4 is 22.4 Å². The van der Waals surface area contributed by atoms with E-state index >= 15 is 0 Å². The van der Waals surface area contributed by atoms with E-state index in [1.807, 2.05) is 19.1 Å². The molecule has 2 fully saturated rings. The topological polar surface area (TPSA) is 40.6 Å². The van der Waals surface area contributed by atoms with Crippen LogP contribution in [0.5, 0.6) is 0 Å². The first kappa shape index (κ1) is 20.7. The number of sulfonamides is 1. The van der Waals surface area contributed by atoms with Gasteiger partial charge in [0.05, 0.1) is 4.90 Å². The predicted octanol–water partition coefficient (Wildman–Crippen LogP) is 3.69. The van der Waals surface area contributed by atoms with Crippen molar-refractivity contribution in [2.45, 2.75) is 62.9 Å². The van der Waals surface area contributed by atoms with Crippen molar-refractivity contribution in [3.05, 3.63) is 29.8 Å². The molecule has 0 aromatic heterocycles. The van der Waals surface area contributed by atoms with Crippen LogP contribution in [0.4, 0.5) is 0 Å². The quantitative estimate of drug-likeness (QED) is 0.792. The zero-order chi connectivity index (χ0) is 17.3. The van der Waals surface area contributed by atoms with Crippen molar-refractivity contribution in [2.24, 2.45) is 5.92 Å². The first-order valence-electron chi connectivity index (χ1n) is 9.16. The van der Waals surface area contributed by atoms with Crippen LogP contribution in [0.3, 0.4) is 0 Å². The maximum atomic E-state index is 12.9. The van der Waals surface area contributed by atoms with Crippen molar-refractivity contribution in [1.82, 2.24) is 9.21 Å². The molecular weight excluding hydrogens is 356 g/mol. The lowest BCUT2D eigenvalue weighted by Crippen LogP contribution is -2.41. The van der Waals surface area contributed by atoms with E-state index in [9.17, 15) is 8.42 Å². The molecule has 1 heterocycles. The molecule has 1 aliphatic carbocycles. The van der Waals surface area contributed by atoms with Crippen molar-refractivity contribution in [3.63, 3.8) is 0 Å². The van der Waals surface area contributed by atoms with Crippen LogP contribution in [0.15, 0.2) is 29.2 Å². The lowest BCUT2D eigenvalue weighted by atomic mass is 9.97. The molecule has 2 aliphatic rings. The smallest absolute Gasteiger partial charge is 0.243 e. The van der Waals surface area contributed by atoms with Gasteiger partial charge in [-0.3, -0.25) is 0 Å². The number of hydrogen-bond acceptors (Lipinski definition) is 3. The summed E-state index contributed by atoms with van der Waals surface area (Å²) in [5.41, 5.74) is 1.08. The molecule has 0 bridgehead atoms. The number of rotatable bonds is 4. The summed E-state index contributed by atoms with van der Waals surface area (Å²) in [7, 11) is -1.64. The van der Waals surface area contributed by atoms with Gasteiger partial charge in [-0.25, -0.2) is 8.42 Å². The summed E-state index contributed by atoms with van der Waals surface area (Å²) in [5, 5.41) is 0. The van der Waals surface area contributed by atoms with Gasteiger partial charge in [0, 0.05) is 19.1 Å². The Labute approximate surface area is 159 Å². The minimum absolute atomic E-state index is 0. The van der Waals surface area contributed by atoms with Gasteiger partial charge in [-0.05, 0) is 70.2 Å². The molecule has 4 nitrogen and oxygen atoms in total. The molecule has 3 rings (SSSR count). The highest BCUT2D eigenvalue weighted by atomic mass is 35.5. The Kier molecular flexibility index (Phi) is 6.94. The molecule has 2 atom stereocenters. The van der Waals surface area contributed by atoms with Crippen LogP contribution < -0.4 is 0 Å². The van der Waals surface area contributed by atoms with Gasteiger partial charge in [0.25, 0.3) is 0 Å². The van der Waals surface area contributed by atoms with E-state index in [1.165, 1.54) is 25.9 Å². The summed E-state index contributed by atoms with van der Waals surface area (Å²) in [6.07, 6.45) is 5.61. The zero-order valence-corrected chi connectivity index (χ0v) is 17.2. The molecule has 1 aliphatic heterocycles. The maximum absolute atomic E-state index is 12.9. The maximum Gasteiger partial charge on any atom is 0.243 e. The summed E-state index contributed by atoms with van der Waals surface area (Å²) in [6, 6.07) is 7.86. The summed E-state index contributed by atoms with van der Waals surface area (Å²) >= 11 is 0. The van der Waals surface area contributed by atoms with Crippen LogP contribution in [0, 0.1) is 12.8 Å². The predicted molar refractivity (Wildman–Crippen MR) is 105 cm³/mol. The number of nitrogens with zero attached hydrogens (tertiary/aromatic N) is 2. The molecule has 25 heavy (non-hydrogen) atoms. The highest BCUT2D eigenvalue weighted by molar-refractivity contribution is 7.89. The molecule has 0 N–H and O–H groups in total. The third kappa shape index (κ3) is 4.57. The standard InChI is InChI=1S/C19H30N2O2S.ClH/c1-15-4-8-19(9-5-15)24(22,23)20(3)17-6-7-18(14-17)21-12-10-16(2)11-13-21;/h4-5,8-9,16-18H,6-7,10-14H2,1-3H3;1H. The second-order valence-corrected chi connectivity index (χ2v) is 9.67. The first-order valence-corrected chi connectivity index (χ1v) is 10.6. The van der Waals surface area contributed by atoms with Crippen molar-refractivity contribution in [2.75, 3.05) is 20.1 Å². The van der Waals surface area contributed by atoms with Gasteiger partial charge < -0.3 is 4.90 Å². The molecule has 0 amide bonds. The minimum atomic E-state index is -3.39. The largest absolute Gasteiger partial charge is 0.300 e. The van der Waals surface area contributed by atoms with Crippen LogP contribution in [0.1, 0.15) is 44.6 Å². The minimum Gasteiger partial charge on any atom is -0.300 e. The Morgan fingerprint density at radius 1 is 1.04 bits per heavy atom. The molecule has 6 heteroatoms. The van der Waals surface area contributed by atoms with Gasteiger partial charge in [-0.2, -0.15) is 4.31 Å². The normalized spacial score (nSPS) is 25.9. The van der Waals surface area contributed by atoms with Gasteiger partial charge in [-0.15, -0.1) is 12.4 Å². The molecule has 142 valence electrons. The van der Waals surface area contributed by atoms with E-state index in [0.29, 0.717) is 10.9 Å². The molecular formula is C19H31ClN2O2S. The summed E-state index contributed by atoms with van der Waals surface area (Å²) in [5.74, 6) is 0.836. The number of likely N-dealkylation sites (tertiary alicyclic amines) is 1. The van der Waals surface area contributed by atoms with E-state index in [0.717, 1.165) is 30.7 Å². The monoisotopic (exact) mass is 386 g/mol. The Morgan fingerprint density at radius 3 is 2.24 bits per heavy atom. The lowest BCUT2D eigenvalue weighted by Gasteiger charge is -2.35. The molecule has 1 aromatic rings. The van der Waals surface area contributed by atoms with E-state index in [-0.39, 0.29) is 18.4 Å². The van der Waals surface area contributed by atoms with Gasteiger partial charge in [0.1, 0.15) is 0 Å². The van der Waals surface area contributed by atoms with Gasteiger partial charge in [0.15, 0.2) is 0 Å². The summed E-state index contributed by atoms with van der Waals surface area (Å²) in [6.45, 7) is 6.65. The fourth-order valence-corrected chi connectivity index (χ4v) is 5.46. The van der Waals surface area contributed by atoms with Crippen molar-refractivity contribution in [3.8, 4) is 0 Å². The summed E-state index contributed by atoms with van der Waals surface area (Å²) < 4.78 is 27.4. The van der Waals surface area contributed by atoms with Crippen LogP contribution >= 0.6 is 12.4 Å². The van der Waals surface area contributed by atoms with E-state index in [4.69, 9.17) is 0 Å². The van der Waals surface area contributed by atoms with Gasteiger partial charge in [0.2, 0.25) is 10.0 Å².